The van der Waals surface area contributed by atoms with Gasteiger partial charge in [-0.2, -0.15) is 0 Å². The van der Waals surface area contributed by atoms with Gasteiger partial charge in [0.1, 0.15) is 0 Å². The number of benzene rings is 1. The van der Waals surface area contributed by atoms with E-state index in [2.05, 4.69) is 0 Å². The van der Waals surface area contributed by atoms with E-state index in [1.807, 2.05) is 0 Å². The minimum absolute atomic E-state index is 0.287. The predicted octanol–water partition coefficient (Wildman–Crippen LogP) is 2.30. The molecular weight excluding hydrogens is 212 g/mol. The third-order valence-electron chi connectivity index (χ3n) is 2.50. The molecule has 0 saturated heterocycles. The van der Waals surface area contributed by atoms with Gasteiger partial charge in [-0.3, -0.25) is 0 Å². The van der Waals surface area contributed by atoms with Gasteiger partial charge in [-0.1, -0.05) is 6.07 Å². The summed E-state index contributed by atoms with van der Waals surface area (Å²) in [6.07, 6.45) is 1.27. The molecule has 1 unspecified atom stereocenters. The Morgan fingerprint density at radius 1 is 1.47 bits per heavy atom. The predicted molar refractivity (Wildman–Crippen MR) is 58.3 cm³/mol. The lowest BCUT2D eigenvalue weighted by molar-refractivity contribution is 0.0696. The van der Waals surface area contributed by atoms with E-state index in [4.69, 9.17) is 5.11 Å². The monoisotopic (exact) mass is 224 g/mol. The van der Waals surface area contributed by atoms with E-state index in [0.717, 1.165) is 29.1 Å². The Hall–Kier alpha value is -1.00. The summed E-state index contributed by atoms with van der Waals surface area (Å²) in [6.45, 7) is 0. The van der Waals surface area contributed by atoms with E-state index >= 15 is 0 Å². The van der Waals surface area contributed by atoms with Crippen molar-refractivity contribution in [3.05, 3.63) is 29.3 Å². The number of aliphatic hydroxyl groups is 1. The smallest absolute Gasteiger partial charge is 0.335 e. The summed E-state index contributed by atoms with van der Waals surface area (Å²) in [7, 11) is 0. The van der Waals surface area contributed by atoms with E-state index in [1.54, 1.807) is 30.0 Å². The van der Waals surface area contributed by atoms with Gasteiger partial charge in [0.05, 0.1) is 11.7 Å². The fourth-order valence-electron chi connectivity index (χ4n) is 1.68. The molecule has 0 amide bonds. The summed E-state index contributed by atoms with van der Waals surface area (Å²) in [5, 5.41) is 18.7. The normalized spacial score (nSPS) is 20.5. The first-order valence-corrected chi connectivity index (χ1v) is 5.85. The molecule has 1 aliphatic rings. The minimum Gasteiger partial charge on any atom is -0.478 e. The van der Waals surface area contributed by atoms with Crippen LogP contribution in [0.5, 0.6) is 0 Å². The lowest BCUT2D eigenvalue weighted by Gasteiger charge is -2.11. The molecular formula is C11H12O3S. The van der Waals surface area contributed by atoms with Crippen molar-refractivity contribution in [2.45, 2.75) is 23.8 Å². The number of carboxylic acid groups (broad SMARTS) is 1. The van der Waals surface area contributed by atoms with Gasteiger partial charge in [0.2, 0.25) is 0 Å². The molecule has 4 heteroatoms. The van der Waals surface area contributed by atoms with Crippen LogP contribution in [0.15, 0.2) is 23.1 Å². The van der Waals surface area contributed by atoms with Gasteiger partial charge in [0, 0.05) is 4.90 Å². The van der Waals surface area contributed by atoms with Gasteiger partial charge in [0.25, 0.3) is 0 Å². The maximum absolute atomic E-state index is 10.8. The summed E-state index contributed by atoms with van der Waals surface area (Å²) in [6, 6.07) is 4.93. The van der Waals surface area contributed by atoms with E-state index in [9.17, 15) is 9.90 Å². The molecule has 0 saturated carbocycles. The van der Waals surface area contributed by atoms with Crippen LogP contribution in [0.1, 0.15) is 34.9 Å². The van der Waals surface area contributed by atoms with Crippen molar-refractivity contribution >= 4 is 17.7 Å². The summed E-state index contributed by atoms with van der Waals surface area (Å²) in [5.41, 5.74) is 1.15. The van der Waals surface area contributed by atoms with Gasteiger partial charge in [-0.15, -0.1) is 11.8 Å². The zero-order valence-electron chi connectivity index (χ0n) is 8.14. The third kappa shape index (κ3) is 2.16. The average molecular weight is 224 g/mol. The number of aliphatic hydroxyl groups excluding tert-OH is 1. The lowest BCUT2D eigenvalue weighted by atomic mass is 10.0. The molecule has 0 aliphatic carbocycles. The van der Waals surface area contributed by atoms with Crippen molar-refractivity contribution in [2.75, 3.05) is 5.75 Å². The second kappa shape index (κ2) is 4.24. The first-order valence-electron chi connectivity index (χ1n) is 4.86. The van der Waals surface area contributed by atoms with Gasteiger partial charge >= 0.3 is 5.97 Å². The number of hydrogen-bond donors (Lipinski definition) is 2. The highest BCUT2D eigenvalue weighted by Gasteiger charge is 2.18. The SMILES string of the molecule is O=C(O)c1ccc2c(c1)SCCCC2O. The van der Waals surface area contributed by atoms with Crippen LogP contribution in [-0.4, -0.2) is 21.9 Å². The molecule has 2 rings (SSSR count). The highest BCUT2D eigenvalue weighted by Crippen LogP contribution is 2.35. The maximum Gasteiger partial charge on any atom is 0.335 e. The zero-order chi connectivity index (χ0) is 10.8. The van der Waals surface area contributed by atoms with Crippen molar-refractivity contribution in [3.8, 4) is 0 Å². The Morgan fingerprint density at radius 2 is 2.27 bits per heavy atom. The second-order valence-electron chi connectivity index (χ2n) is 3.56. The van der Waals surface area contributed by atoms with Gasteiger partial charge < -0.3 is 10.2 Å². The zero-order valence-corrected chi connectivity index (χ0v) is 8.96. The van der Waals surface area contributed by atoms with Crippen molar-refractivity contribution in [1.82, 2.24) is 0 Å². The standard InChI is InChI=1S/C11H12O3S/c12-9-2-1-5-15-10-6-7(11(13)14)3-4-8(9)10/h3-4,6,9,12H,1-2,5H2,(H,13,14). The lowest BCUT2D eigenvalue weighted by Crippen LogP contribution is -2.01. The molecule has 1 aromatic rings. The van der Waals surface area contributed by atoms with Gasteiger partial charge in [-0.25, -0.2) is 4.79 Å². The van der Waals surface area contributed by atoms with E-state index in [1.165, 1.54) is 0 Å². The number of carboxylic acids is 1. The number of thioether (sulfide) groups is 1. The van der Waals surface area contributed by atoms with Crippen LogP contribution in [0.3, 0.4) is 0 Å². The molecule has 0 aromatic heterocycles. The third-order valence-corrected chi connectivity index (χ3v) is 3.66. The van der Waals surface area contributed by atoms with Gasteiger partial charge in [0.15, 0.2) is 0 Å². The van der Waals surface area contributed by atoms with E-state index in [-0.39, 0.29) is 5.56 Å². The maximum atomic E-state index is 10.8. The molecule has 80 valence electrons. The van der Waals surface area contributed by atoms with Gasteiger partial charge in [-0.05, 0) is 36.3 Å². The molecule has 1 atom stereocenters. The number of carbonyl (C=O) groups is 1. The van der Waals surface area contributed by atoms with Crippen LogP contribution in [0.25, 0.3) is 0 Å². The minimum atomic E-state index is -0.919. The van der Waals surface area contributed by atoms with Crippen molar-refractivity contribution in [3.63, 3.8) is 0 Å². The molecule has 0 fully saturated rings. The second-order valence-corrected chi connectivity index (χ2v) is 4.70. The molecule has 2 N–H and O–H groups in total. The first kappa shape index (κ1) is 10.5. The fourth-order valence-corrected chi connectivity index (χ4v) is 2.79. The number of hydrogen-bond acceptors (Lipinski definition) is 3. The molecule has 15 heavy (non-hydrogen) atoms. The van der Waals surface area contributed by atoms with Crippen molar-refractivity contribution < 1.29 is 15.0 Å². The van der Waals surface area contributed by atoms with Crippen molar-refractivity contribution in [1.29, 1.82) is 0 Å². The average Bonchev–Trinajstić information content (AvgIpc) is 2.40. The quantitative estimate of drug-likeness (QED) is 0.768. The summed E-state index contributed by atoms with van der Waals surface area (Å²) < 4.78 is 0. The molecule has 0 radical (unpaired) electrons. The summed E-state index contributed by atoms with van der Waals surface area (Å²) in [5.74, 6) is 0.0183. The van der Waals surface area contributed by atoms with Crippen LogP contribution < -0.4 is 0 Å². The topological polar surface area (TPSA) is 57.5 Å². The van der Waals surface area contributed by atoms with Crippen LogP contribution >= 0.6 is 11.8 Å². The highest BCUT2D eigenvalue weighted by molar-refractivity contribution is 7.99. The van der Waals surface area contributed by atoms with Crippen LogP contribution in [0.2, 0.25) is 0 Å². The molecule has 1 aliphatic heterocycles. The Labute approximate surface area is 92.1 Å². The Kier molecular flexibility index (Phi) is 2.98. The summed E-state index contributed by atoms with van der Waals surface area (Å²) >= 11 is 1.62. The highest BCUT2D eigenvalue weighted by atomic mass is 32.2. The Morgan fingerprint density at radius 3 is 3.00 bits per heavy atom. The molecule has 0 spiro atoms. The molecule has 1 aromatic carbocycles. The molecule has 3 nitrogen and oxygen atoms in total. The van der Waals surface area contributed by atoms with Crippen LogP contribution in [0.4, 0.5) is 0 Å². The largest absolute Gasteiger partial charge is 0.478 e. The van der Waals surface area contributed by atoms with E-state index < -0.39 is 12.1 Å². The molecule has 0 bridgehead atoms. The first-order chi connectivity index (χ1) is 7.18. The van der Waals surface area contributed by atoms with Crippen molar-refractivity contribution in [2.24, 2.45) is 0 Å². The summed E-state index contributed by atoms with van der Waals surface area (Å²) in [4.78, 5) is 11.7. The van der Waals surface area contributed by atoms with E-state index in [0.29, 0.717) is 0 Å². The molecule has 1 heterocycles. The Balaban J connectivity index is 2.42. The van der Waals surface area contributed by atoms with Crippen LogP contribution in [0, 0.1) is 0 Å². The number of aromatic carboxylic acids is 1. The van der Waals surface area contributed by atoms with Crippen LogP contribution in [-0.2, 0) is 0 Å². The number of rotatable bonds is 1. The fraction of sp³-hybridized carbons (Fsp3) is 0.364. The Bertz CT molecular complexity index is 389. The number of fused-ring (bicyclic) bond motifs is 1.